The van der Waals surface area contributed by atoms with E-state index in [0.29, 0.717) is 0 Å². The van der Waals surface area contributed by atoms with E-state index in [1.165, 1.54) is 55.8 Å². The summed E-state index contributed by atoms with van der Waals surface area (Å²) in [6.07, 6.45) is 9.88. The summed E-state index contributed by atoms with van der Waals surface area (Å²) in [7, 11) is -0.0379. The monoisotopic (exact) mass is 289 g/mol. The first-order valence-electron chi connectivity index (χ1n) is 7.97. The third kappa shape index (κ3) is 5.24. The van der Waals surface area contributed by atoms with Crippen LogP contribution < -0.4 is 0 Å². The van der Waals surface area contributed by atoms with Gasteiger partial charge >= 0.3 is 0 Å². The molecule has 1 aromatic rings. The number of benzene rings is 1. The van der Waals surface area contributed by atoms with Crippen molar-refractivity contribution in [1.29, 1.82) is 0 Å². The summed E-state index contributed by atoms with van der Waals surface area (Å²) in [6.45, 7) is 3.80. The van der Waals surface area contributed by atoms with Crippen LogP contribution in [0, 0.1) is 11.7 Å². The lowest BCUT2D eigenvalue weighted by Crippen LogP contribution is -2.21. The average Bonchev–Trinajstić information content (AvgIpc) is 2.48. The SMILES string of the molecule is C=CCCC[Si]1CCC(CCc2ccc(F)cc2)CC1. The van der Waals surface area contributed by atoms with Crippen LogP contribution in [0.1, 0.15) is 37.7 Å². The zero-order valence-corrected chi connectivity index (χ0v) is 13.4. The molecule has 109 valence electrons. The molecule has 1 fully saturated rings. The molecule has 0 N–H and O–H groups in total. The predicted molar refractivity (Wildman–Crippen MR) is 87.1 cm³/mol. The van der Waals surface area contributed by atoms with Crippen molar-refractivity contribution < 1.29 is 4.39 Å². The molecule has 0 nitrogen and oxygen atoms in total. The first kappa shape index (κ1) is 15.5. The fourth-order valence-electron chi connectivity index (χ4n) is 3.14. The molecule has 20 heavy (non-hydrogen) atoms. The number of halogens is 1. The standard InChI is InChI=1S/C18H26FSi/c1-2-3-4-13-20-14-11-17(12-15-20)6-5-16-7-9-18(19)10-8-16/h2,7-10,17H,1,3-6,11-15H2. The molecular weight excluding hydrogens is 263 g/mol. The number of allylic oxidation sites excluding steroid dienone is 1. The third-order valence-electron chi connectivity index (χ3n) is 4.51. The smallest absolute Gasteiger partial charge is 0.123 e. The van der Waals surface area contributed by atoms with Crippen LogP contribution in [0.15, 0.2) is 36.9 Å². The number of rotatable bonds is 7. The number of hydrogen-bond acceptors (Lipinski definition) is 0. The fourth-order valence-corrected chi connectivity index (χ4v) is 6.23. The van der Waals surface area contributed by atoms with Gasteiger partial charge in [0, 0.05) is 8.80 Å². The Morgan fingerprint density at radius 2 is 1.90 bits per heavy atom. The normalized spacial score (nSPS) is 17.2. The molecule has 0 bridgehead atoms. The quantitative estimate of drug-likeness (QED) is 0.347. The van der Waals surface area contributed by atoms with Crippen LogP contribution in [0.25, 0.3) is 0 Å². The first-order valence-corrected chi connectivity index (χ1v) is 10.1. The van der Waals surface area contributed by atoms with Gasteiger partial charge in [0.1, 0.15) is 5.82 Å². The van der Waals surface area contributed by atoms with Crippen molar-refractivity contribution in [2.45, 2.75) is 56.7 Å². The number of hydrogen-bond donors (Lipinski definition) is 0. The van der Waals surface area contributed by atoms with Gasteiger partial charge in [-0.25, -0.2) is 4.39 Å². The molecule has 0 amide bonds. The van der Waals surface area contributed by atoms with E-state index in [1.807, 2.05) is 12.1 Å². The molecule has 1 saturated heterocycles. The highest BCUT2D eigenvalue weighted by molar-refractivity contribution is 6.58. The van der Waals surface area contributed by atoms with E-state index in [9.17, 15) is 4.39 Å². The second-order valence-corrected chi connectivity index (χ2v) is 9.04. The van der Waals surface area contributed by atoms with Crippen LogP contribution >= 0.6 is 0 Å². The number of unbranched alkanes of at least 4 members (excludes halogenated alkanes) is 1. The van der Waals surface area contributed by atoms with Crippen LogP contribution in [0.4, 0.5) is 4.39 Å². The van der Waals surface area contributed by atoms with Crippen LogP contribution in [0.5, 0.6) is 0 Å². The zero-order chi connectivity index (χ0) is 14.2. The van der Waals surface area contributed by atoms with E-state index in [4.69, 9.17) is 0 Å². The molecule has 0 saturated carbocycles. The van der Waals surface area contributed by atoms with Gasteiger partial charge < -0.3 is 0 Å². The van der Waals surface area contributed by atoms with Gasteiger partial charge in [-0.1, -0.05) is 55.6 Å². The summed E-state index contributed by atoms with van der Waals surface area (Å²) >= 11 is 0. The molecule has 1 aliphatic heterocycles. The maximum Gasteiger partial charge on any atom is 0.123 e. The van der Waals surface area contributed by atoms with E-state index >= 15 is 0 Å². The molecule has 1 radical (unpaired) electrons. The van der Waals surface area contributed by atoms with Crippen LogP contribution in [0.2, 0.25) is 18.1 Å². The lowest BCUT2D eigenvalue weighted by molar-refractivity contribution is 0.437. The Balaban J connectivity index is 1.64. The van der Waals surface area contributed by atoms with Gasteiger partial charge in [-0.3, -0.25) is 0 Å². The average molecular weight is 289 g/mol. The maximum absolute atomic E-state index is 12.8. The van der Waals surface area contributed by atoms with Crippen LogP contribution in [-0.2, 0) is 6.42 Å². The molecule has 0 aliphatic carbocycles. The molecule has 1 heterocycles. The Morgan fingerprint density at radius 1 is 1.20 bits per heavy atom. The van der Waals surface area contributed by atoms with E-state index in [-0.39, 0.29) is 14.6 Å². The molecule has 1 aliphatic rings. The van der Waals surface area contributed by atoms with Crippen molar-refractivity contribution in [1.82, 2.24) is 0 Å². The highest BCUT2D eigenvalue weighted by atomic mass is 28.3. The molecule has 2 rings (SSSR count). The lowest BCUT2D eigenvalue weighted by atomic mass is 9.94. The van der Waals surface area contributed by atoms with Crippen molar-refractivity contribution in [2.75, 3.05) is 0 Å². The Kier molecular flexibility index (Phi) is 6.51. The largest absolute Gasteiger partial charge is 0.207 e. The lowest BCUT2D eigenvalue weighted by Gasteiger charge is -2.27. The van der Waals surface area contributed by atoms with Gasteiger partial charge in [-0.2, -0.15) is 0 Å². The van der Waals surface area contributed by atoms with E-state index < -0.39 is 0 Å². The molecule has 2 heteroatoms. The minimum absolute atomic E-state index is 0.0379. The Morgan fingerprint density at radius 3 is 2.55 bits per heavy atom. The van der Waals surface area contributed by atoms with Crippen molar-refractivity contribution in [3.63, 3.8) is 0 Å². The van der Waals surface area contributed by atoms with Crippen LogP contribution in [-0.4, -0.2) is 8.80 Å². The topological polar surface area (TPSA) is 0 Å². The summed E-state index contributed by atoms with van der Waals surface area (Å²) in [5, 5.41) is 0. The Hall–Kier alpha value is -0.893. The highest BCUT2D eigenvalue weighted by Crippen LogP contribution is 2.31. The van der Waals surface area contributed by atoms with Gasteiger partial charge in [0.15, 0.2) is 0 Å². The summed E-state index contributed by atoms with van der Waals surface area (Å²) in [4.78, 5) is 0. The second-order valence-electron chi connectivity index (χ2n) is 6.04. The number of aryl methyl sites for hydroxylation is 1. The molecule has 0 unspecified atom stereocenters. The van der Waals surface area contributed by atoms with Crippen molar-refractivity contribution in [3.8, 4) is 0 Å². The van der Waals surface area contributed by atoms with E-state index in [0.717, 1.165) is 12.3 Å². The third-order valence-corrected chi connectivity index (χ3v) is 7.56. The second kappa shape index (κ2) is 8.41. The van der Waals surface area contributed by atoms with E-state index in [1.54, 1.807) is 12.1 Å². The minimum atomic E-state index is -0.127. The van der Waals surface area contributed by atoms with Crippen molar-refractivity contribution in [3.05, 3.63) is 48.3 Å². The highest BCUT2D eigenvalue weighted by Gasteiger charge is 2.21. The Bertz CT molecular complexity index is 390. The summed E-state index contributed by atoms with van der Waals surface area (Å²) in [6, 6.07) is 11.5. The maximum atomic E-state index is 12.8. The molecule has 0 aromatic heterocycles. The minimum Gasteiger partial charge on any atom is -0.207 e. The first-order chi connectivity index (χ1) is 9.78. The van der Waals surface area contributed by atoms with Crippen LogP contribution in [0.3, 0.4) is 0 Å². The zero-order valence-electron chi connectivity index (χ0n) is 12.4. The Labute approximate surface area is 124 Å². The predicted octanol–water partition coefficient (Wildman–Crippen LogP) is 5.63. The van der Waals surface area contributed by atoms with Crippen molar-refractivity contribution in [2.24, 2.45) is 5.92 Å². The molecular formula is C18H26FSi. The van der Waals surface area contributed by atoms with Gasteiger partial charge in [0.25, 0.3) is 0 Å². The van der Waals surface area contributed by atoms with Gasteiger partial charge in [-0.15, -0.1) is 6.58 Å². The van der Waals surface area contributed by atoms with Crippen molar-refractivity contribution >= 4 is 8.80 Å². The summed E-state index contributed by atoms with van der Waals surface area (Å²) < 4.78 is 12.8. The molecule has 1 aromatic carbocycles. The molecule has 0 atom stereocenters. The van der Waals surface area contributed by atoms with Gasteiger partial charge in [0.05, 0.1) is 0 Å². The molecule has 0 spiro atoms. The summed E-state index contributed by atoms with van der Waals surface area (Å²) in [5.41, 5.74) is 1.29. The van der Waals surface area contributed by atoms with E-state index in [2.05, 4.69) is 12.7 Å². The fraction of sp³-hybridized carbons (Fsp3) is 0.556. The van der Waals surface area contributed by atoms with Gasteiger partial charge in [-0.05, 0) is 42.9 Å². The van der Waals surface area contributed by atoms with Gasteiger partial charge in [0.2, 0.25) is 0 Å². The summed E-state index contributed by atoms with van der Waals surface area (Å²) in [5.74, 6) is 0.784.